The first-order chi connectivity index (χ1) is 24.5. The molecule has 1 aliphatic carbocycles. The Morgan fingerprint density at radius 3 is 2.55 bits per heavy atom. The fraction of sp³-hybridized carbons (Fsp3) is 0.474. The fourth-order valence-electron chi connectivity index (χ4n) is 7.02. The number of rotatable bonds is 1. The van der Waals surface area contributed by atoms with Gasteiger partial charge >= 0.3 is 12.1 Å². The summed E-state index contributed by atoms with van der Waals surface area (Å²) in [7, 11) is 0. The van der Waals surface area contributed by atoms with Gasteiger partial charge in [-0.1, -0.05) is 63.1 Å². The van der Waals surface area contributed by atoms with Gasteiger partial charge in [-0.25, -0.2) is 19.6 Å². The van der Waals surface area contributed by atoms with E-state index in [1.807, 2.05) is 74.5 Å². The number of carboxylic acid groups (broad SMARTS) is 1. The van der Waals surface area contributed by atoms with Crippen molar-refractivity contribution in [3.63, 3.8) is 0 Å². The van der Waals surface area contributed by atoms with E-state index in [4.69, 9.17) is 24.2 Å². The maximum Gasteiger partial charge on any atom is 0.407 e. The second-order valence-electron chi connectivity index (χ2n) is 14.8. The zero-order valence-corrected chi connectivity index (χ0v) is 28.8. The number of alkyl carbamates (subject to hydrolysis) is 1. The topological polar surface area (TPSA) is 169 Å². The number of ether oxygens (including phenoxy) is 3. The molecule has 0 spiro atoms. The molecule has 1 saturated heterocycles. The SMILES string of the molecule is CC1(C)COC(=O)N[C@H]2CCCCC/C=C/[C@@H]3C[C@]3(C(=O)O)NC(=O)C3CN(C[C@@H]3Oc3nc4ccccc4nc3-c3cccc(c3)OC1)C2=O. The van der Waals surface area contributed by atoms with Crippen LogP contribution in [0.25, 0.3) is 22.3 Å². The van der Waals surface area contributed by atoms with Gasteiger partial charge in [-0.15, -0.1) is 0 Å². The highest BCUT2D eigenvalue weighted by molar-refractivity contribution is 5.93. The average Bonchev–Trinajstić information content (AvgIpc) is 3.65. The number of benzene rings is 2. The van der Waals surface area contributed by atoms with Crippen LogP contribution in [0.15, 0.2) is 60.7 Å². The minimum atomic E-state index is -1.44. The van der Waals surface area contributed by atoms with Crippen molar-refractivity contribution in [2.45, 2.75) is 70.1 Å². The molecule has 4 heterocycles. The summed E-state index contributed by atoms with van der Waals surface area (Å²) >= 11 is 0. The Morgan fingerprint density at radius 1 is 0.961 bits per heavy atom. The van der Waals surface area contributed by atoms with Crippen molar-refractivity contribution in [1.82, 2.24) is 25.5 Å². The summed E-state index contributed by atoms with van der Waals surface area (Å²) in [5.41, 5.74) is 0.288. The monoisotopic (exact) mass is 697 g/mol. The largest absolute Gasteiger partial charge is 0.493 e. The van der Waals surface area contributed by atoms with E-state index in [-0.39, 0.29) is 50.4 Å². The Morgan fingerprint density at radius 2 is 1.75 bits per heavy atom. The van der Waals surface area contributed by atoms with Crippen LogP contribution in [0.1, 0.15) is 52.4 Å². The van der Waals surface area contributed by atoms with Gasteiger partial charge in [-0.3, -0.25) is 9.59 Å². The number of carbonyl (C=O) groups is 4. The summed E-state index contributed by atoms with van der Waals surface area (Å²) in [6.45, 7) is 4.06. The van der Waals surface area contributed by atoms with Gasteiger partial charge in [0.1, 0.15) is 35.7 Å². The molecule has 1 aromatic heterocycles. The number of allylic oxidation sites excluding steroid dienone is 1. The molecule has 4 aliphatic rings. The minimum Gasteiger partial charge on any atom is -0.493 e. The smallest absolute Gasteiger partial charge is 0.407 e. The van der Waals surface area contributed by atoms with Gasteiger partial charge < -0.3 is 34.9 Å². The Kier molecular flexibility index (Phi) is 9.30. The molecule has 1 saturated carbocycles. The number of hydrogen-bond donors (Lipinski definition) is 3. The van der Waals surface area contributed by atoms with Crippen LogP contribution < -0.4 is 20.1 Å². The number of nitrogens with zero attached hydrogens (tertiary/aromatic N) is 3. The normalized spacial score (nSPS) is 28.8. The number of carboxylic acids is 1. The summed E-state index contributed by atoms with van der Waals surface area (Å²) in [6, 6.07) is 13.8. The molecule has 1 unspecified atom stereocenters. The van der Waals surface area contributed by atoms with E-state index >= 15 is 0 Å². The molecule has 5 atom stereocenters. The third kappa shape index (κ3) is 7.33. The number of carbonyl (C=O) groups excluding carboxylic acids is 3. The van der Waals surface area contributed by atoms with Gasteiger partial charge in [0.05, 0.1) is 30.1 Å². The maximum atomic E-state index is 14.2. The minimum absolute atomic E-state index is 0.00230. The van der Waals surface area contributed by atoms with Crippen molar-refractivity contribution in [2.75, 3.05) is 26.3 Å². The van der Waals surface area contributed by atoms with E-state index in [2.05, 4.69) is 10.6 Å². The summed E-state index contributed by atoms with van der Waals surface area (Å²) < 4.78 is 18.4. The van der Waals surface area contributed by atoms with Crippen LogP contribution in [0.2, 0.25) is 0 Å². The molecule has 7 rings (SSSR count). The van der Waals surface area contributed by atoms with Crippen LogP contribution in [0.3, 0.4) is 0 Å². The summed E-state index contributed by atoms with van der Waals surface area (Å²) in [4.78, 5) is 65.3. The van der Waals surface area contributed by atoms with Crippen LogP contribution in [-0.2, 0) is 19.1 Å². The molecule has 3 N–H and O–H groups in total. The lowest BCUT2D eigenvalue weighted by Crippen LogP contribution is -2.50. The van der Waals surface area contributed by atoms with Crippen LogP contribution in [-0.4, -0.2) is 87.8 Å². The van der Waals surface area contributed by atoms with Crippen molar-refractivity contribution in [2.24, 2.45) is 17.3 Å². The number of fused-ring (bicyclic) bond motifs is 10. The lowest BCUT2D eigenvalue weighted by atomic mass is 9.96. The van der Waals surface area contributed by atoms with Gasteiger partial charge in [-0.2, -0.15) is 0 Å². The number of aliphatic carboxylic acids is 1. The molecule has 268 valence electrons. The standard InChI is InChI=1S/C38H43N5O8/c1-37(2)21-49-25-13-10-11-23(17-25)31-33(40-28-15-9-8-14-27(28)39-31)51-30-20-43-19-26(30)32(44)42-38(35(46)47)18-24(38)12-6-4-3-5-7-16-29(34(43)45)41-36(48)50-22-37/h6,8-15,17,24,26,29-30H,3-5,7,16,18-22H2,1-2H3,(H,41,48)(H,42,44)(H,46,47)/b12-6+/t24-,26?,29+,30+,38+/m1/s1. The van der Waals surface area contributed by atoms with E-state index in [1.54, 1.807) is 0 Å². The van der Waals surface area contributed by atoms with E-state index in [0.717, 1.165) is 19.3 Å². The summed E-state index contributed by atoms with van der Waals surface area (Å²) in [5, 5.41) is 15.8. The van der Waals surface area contributed by atoms with Gasteiger partial charge in [0.25, 0.3) is 0 Å². The molecular formula is C38H43N5O8. The van der Waals surface area contributed by atoms with Crippen LogP contribution in [0.5, 0.6) is 11.6 Å². The highest BCUT2D eigenvalue weighted by Crippen LogP contribution is 2.45. The predicted octanol–water partition coefficient (Wildman–Crippen LogP) is 4.50. The molecule has 3 aliphatic heterocycles. The Hall–Kier alpha value is -5.20. The zero-order valence-electron chi connectivity index (χ0n) is 28.8. The molecule has 3 aromatic rings. The summed E-state index contributed by atoms with van der Waals surface area (Å²) in [6.07, 6.45) is 5.88. The van der Waals surface area contributed by atoms with Gasteiger partial charge in [0.2, 0.25) is 17.7 Å². The van der Waals surface area contributed by atoms with Crippen molar-refractivity contribution in [3.8, 4) is 22.9 Å². The molecule has 13 heteroatoms. The fourth-order valence-corrected chi connectivity index (χ4v) is 7.02. The average molecular weight is 698 g/mol. The van der Waals surface area contributed by atoms with Gasteiger partial charge in [0, 0.05) is 23.4 Å². The lowest BCUT2D eigenvalue weighted by molar-refractivity contribution is -0.144. The summed E-state index contributed by atoms with van der Waals surface area (Å²) in [5.74, 6) is -2.59. The first-order valence-corrected chi connectivity index (χ1v) is 17.6. The van der Waals surface area contributed by atoms with E-state index < -0.39 is 47.0 Å². The number of cyclic esters (lactones) is 1. The van der Waals surface area contributed by atoms with E-state index in [1.165, 1.54) is 4.90 Å². The molecule has 3 amide bonds. The first kappa shape index (κ1) is 34.3. The van der Waals surface area contributed by atoms with Crippen molar-refractivity contribution < 1.29 is 38.5 Å². The van der Waals surface area contributed by atoms with E-state index in [0.29, 0.717) is 40.9 Å². The van der Waals surface area contributed by atoms with Crippen LogP contribution >= 0.6 is 0 Å². The molecule has 2 aromatic carbocycles. The molecule has 13 nitrogen and oxygen atoms in total. The van der Waals surface area contributed by atoms with Crippen LogP contribution in [0, 0.1) is 17.3 Å². The third-order valence-electron chi connectivity index (χ3n) is 10.1. The molecule has 6 bridgehead atoms. The van der Waals surface area contributed by atoms with Gasteiger partial charge in [0.15, 0.2) is 0 Å². The Balaban J connectivity index is 1.31. The maximum absolute atomic E-state index is 14.2. The predicted molar refractivity (Wildman–Crippen MR) is 186 cm³/mol. The highest BCUT2D eigenvalue weighted by atomic mass is 16.6. The van der Waals surface area contributed by atoms with Crippen LogP contribution in [0.4, 0.5) is 4.79 Å². The second kappa shape index (κ2) is 13.8. The molecule has 51 heavy (non-hydrogen) atoms. The zero-order chi connectivity index (χ0) is 35.8. The number of amides is 3. The highest BCUT2D eigenvalue weighted by Gasteiger charge is 2.61. The van der Waals surface area contributed by atoms with Crippen molar-refractivity contribution in [1.29, 1.82) is 0 Å². The quantitative estimate of drug-likeness (QED) is 0.308. The Labute approximate surface area is 295 Å². The first-order valence-electron chi connectivity index (χ1n) is 17.6. The number of nitrogens with one attached hydrogen (secondary N) is 2. The molecular weight excluding hydrogens is 654 g/mol. The van der Waals surface area contributed by atoms with Crippen molar-refractivity contribution >= 4 is 34.9 Å². The number of aromatic nitrogens is 2. The molecule has 2 fully saturated rings. The second-order valence-corrected chi connectivity index (χ2v) is 14.8. The lowest BCUT2D eigenvalue weighted by Gasteiger charge is -2.27. The van der Waals surface area contributed by atoms with Crippen molar-refractivity contribution in [3.05, 3.63) is 60.7 Å². The molecule has 0 radical (unpaired) electrons. The Bertz CT molecular complexity index is 1880. The number of hydrogen-bond acceptors (Lipinski definition) is 9. The third-order valence-corrected chi connectivity index (χ3v) is 10.1. The van der Waals surface area contributed by atoms with E-state index in [9.17, 15) is 24.3 Å². The van der Waals surface area contributed by atoms with Gasteiger partial charge in [-0.05, 0) is 49.9 Å². The number of para-hydroxylation sites is 2.